The van der Waals surface area contributed by atoms with Gasteiger partial charge in [0.2, 0.25) is 5.91 Å². The third kappa shape index (κ3) is 4.06. The Morgan fingerprint density at radius 3 is 2.56 bits per heavy atom. The van der Waals surface area contributed by atoms with Gasteiger partial charge in [-0.1, -0.05) is 35.9 Å². The van der Waals surface area contributed by atoms with Crippen molar-refractivity contribution < 1.29 is 14.3 Å². The van der Waals surface area contributed by atoms with E-state index in [1.165, 1.54) is 0 Å². The third-order valence-corrected chi connectivity index (χ3v) is 4.06. The van der Waals surface area contributed by atoms with E-state index >= 15 is 0 Å². The SMILES string of the molecule is C=CCN(C(=O)CNc1cc2c(cc1Cl)OCCO2)c1ccccc1. The zero-order valence-corrected chi connectivity index (χ0v) is 14.5. The molecule has 0 atom stereocenters. The molecule has 0 unspecified atom stereocenters. The van der Waals surface area contributed by atoms with Crippen LogP contribution in [0.3, 0.4) is 0 Å². The normalized spacial score (nSPS) is 12.4. The van der Waals surface area contributed by atoms with Crippen molar-refractivity contribution in [2.75, 3.05) is 36.5 Å². The number of benzene rings is 2. The minimum atomic E-state index is -0.0861. The molecule has 3 rings (SSSR count). The van der Waals surface area contributed by atoms with E-state index in [0.717, 1.165) is 5.69 Å². The lowest BCUT2D eigenvalue weighted by Crippen LogP contribution is -2.35. The minimum Gasteiger partial charge on any atom is -0.486 e. The fraction of sp³-hybridized carbons (Fsp3) is 0.211. The average Bonchev–Trinajstić information content (AvgIpc) is 2.65. The number of carbonyl (C=O) groups excluding carboxylic acids is 1. The molecule has 130 valence electrons. The fourth-order valence-electron chi connectivity index (χ4n) is 2.55. The quantitative estimate of drug-likeness (QED) is 0.799. The number of hydrogen-bond acceptors (Lipinski definition) is 4. The molecule has 0 fully saturated rings. The number of halogens is 1. The summed E-state index contributed by atoms with van der Waals surface area (Å²) in [5.41, 5.74) is 1.45. The lowest BCUT2D eigenvalue weighted by molar-refractivity contribution is -0.116. The van der Waals surface area contributed by atoms with Crippen LogP contribution in [0.4, 0.5) is 11.4 Å². The number of amides is 1. The number of para-hydroxylation sites is 1. The van der Waals surface area contributed by atoms with Crippen molar-refractivity contribution in [3.63, 3.8) is 0 Å². The van der Waals surface area contributed by atoms with Gasteiger partial charge in [0.1, 0.15) is 13.2 Å². The van der Waals surface area contributed by atoms with Gasteiger partial charge in [0, 0.05) is 24.4 Å². The summed E-state index contributed by atoms with van der Waals surface area (Å²) < 4.78 is 11.0. The summed E-state index contributed by atoms with van der Waals surface area (Å²) >= 11 is 6.26. The summed E-state index contributed by atoms with van der Waals surface area (Å²) in [6, 6.07) is 12.9. The van der Waals surface area contributed by atoms with E-state index in [9.17, 15) is 4.79 Å². The molecule has 0 spiro atoms. The Morgan fingerprint density at radius 2 is 1.88 bits per heavy atom. The number of anilines is 2. The van der Waals surface area contributed by atoms with Crippen LogP contribution in [0.25, 0.3) is 0 Å². The summed E-state index contributed by atoms with van der Waals surface area (Å²) in [5, 5.41) is 3.56. The maximum absolute atomic E-state index is 12.6. The van der Waals surface area contributed by atoms with Crippen LogP contribution in [-0.2, 0) is 4.79 Å². The first-order valence-corrected chi connectivity index (χ1v) is 8.36. The zero-order chi connectivity index (χ0) is 17.6. The highest BCUT2D eigenvalue weighted by atomic mass is 35.5. The van der Waals surface area contributed by atoms with Crippen molar-refractivity contribution in [3.8, 4) is 11.5 Å². The molecule has 2 aromatic rings. The number of nitrogens with zero attached hydrogens (tertiary/aromatic N) is 1. The molecule has 1 amide bonds. The van der Waals surface area contributed by atoms with Crippen LogP contribution in [0.2, 0.25) is 5.02 Å². The standard InChI is InChI=1S/C19H19ClN2O3/c1-2-8-22(14-6-4-3-5-7-14)19(23)13-21-16-12-18-17(11-15(16)20)24-9-10-25-18/h2-7,11-12,21H,1,8-10,13H2. The van der Waals surface area contributed by atoms with Gasteiger partial charge in [0.25, 0.3) is 0 Å². The van der Waals surface area contributed by atoms with Gasteiger partial charge in [-0.05, 0) is 12.1 Å². The Labute approximate surface area is 151 Å². The van der Waals surface area contributed by atoms with E-state index in [4.69, 9.17) is 21.1 Å². The van der Waals surface area contributed by atoms with Gasteiger partial charge in [0.15, 0.2) is 11.5 Å². The number of fused-ring (bicyclic) bond motifs is 1. The first-order valence-electron chi connectivity index (χ1n) is 7.98. The maximum atomic E-state index is 12.6. The van der Waals surface area contributed by atoms with Crippen molar-refractivity contribution in [1.82, 2.24) is 0 Å². The Balaban J connectivity index is 1.71. The zero-order valence-electron chi connectivity index (χ0n) is 13.7. The predicted octanol–water partition coefficient (Wildman–Crippen LogP) is 3.74. The number of hydrogen-bond donors (Lipinski definition) is 1. The number of ether oxygens (including phenoxy) is 2. The topological polar surface area (TPSA) is 50.8 Å². The van der Waals surface area contributed by atoms with Crippen LogP contribution in [0, 0.1) is 0 Å². The number of rotatable bonds is 6. The lowest BCUT2D eigenvalue weighted by atomic mass is 10.2. The fourth-order valence-corrected chi connectivity index (χ4v) is 2.77. The molecule has 5 nitrogen and oxygen atoms in total. The van der Waals surface area contributed by atoms with Gasteiger partial charge >= 0.3 is 0 Å². The van der Waals surface area contributed by atoms with Crippen LogP contribution < -0.4 is 19.7 Å². The van der Waals surface area contributed by atoms with E-state index in [1.807, 2.05) is 30.3 Å². The van der Waals surface area contributed by atoms with Gasteiger partial charge < -0.3 is 19.7 Å². The third-order valence-electron chi connectivity index (χ3n) is 3.74. The maximum Gasteiger partial charge on any atom is 0.246 e. The predicted molar refractivity (Wildman–Crippen MR) is 99.9 cm³/mol. The second kappa shape index (κ2) is 7.94. The second-order valence-corrected chi connectivity index (χ2v) is 5.87. The monoisotopic (exact) mass is 358 g/mol. The van der Waals surface area contributed by atoms with Gasteiger partial charge in [-0.3, -0.25) is 4.79 Å². The Kier molecular flexibility index (Phi) is 5.46. The summed E-state index contributed by atoms with van der Waals surface area (Å²) in [7, 11) is 0. The summed E-state index contributed by atoms with van der Waals surface area (Å²) in [5.74, 6) is 1.15. The van der Waals surface area contributed by atoms with Crippen molar-refractivity contribution in [3.05, 3.63) is 60.1 Å². The summed E-state index contributed by atoms with van der Waals surface area (Å²) in [6.45, 7) is 5.25. The van der Waals surface area contributed by atoms with Crippen molar-refractivity contribution in [1.29, 1.82) is 0 Å². The van der Waals surface area contributed by atoms with Crippen LogP contribution in [0.1, 0.15) is 0 Å². The number of nitrogens with one attached hydrogen (secondary N) is 1. The van der Waals surface area contributed by atoms with Crippen molar-refractivity contribution in [2.24, 2.45) is 0 Å². The second-order valence-electron chi connectivity index (χ2n) is 5.46. The molecule has 0 saturated heterocycles. The highest BCUT2D eigenvalue weighted by Gasteiger charge is 2.17. The molecule has 1 aliphatic rings. The first kappa shape index (κ1) is 17.2. The van der Waals surface area contributed by atoms with E-state index in [-0.39, 0.29) is 12.5 Å². The molecule has 1 heterocycles. The van der Waals surface area contributed by atoms with E-state index < -0.39 is 0 Å². The highest BCUT2D eigenvalue weighted by Crippen LogP contribution is 2.37. The first-order chi connectivity index (χ1) is 12.2. The molecular formula is C19H19ClN2O3. The van der Waals surface area contributed by atoms with Crippen LogP contribution in [0.15, 0.2) is 55.1 Å². The Bertz CT molecular complexity index is 765. The molecule has 0 bridgehead atoms. The average molecular weight is 359 g/mol. The molecule has 1 N–H and O–H groups in total. The van der Waals surface area contributed by atoms with Gasteiger partial charge in [-0.2, -0.15) is 0 Å². The Morgan fingerprint density at radius 1 is 1.20 bits per heavy atom. The van der Waals surface area contributed by atoms with Crippen LogP contribution in [-0.4, -0.2) is 32.2 Å². The molecule has 0 saturated carbocycles. The highest BCUT2D eigenvalue weighted by molar-refractivity contribution is 6.33. The van der Waals surface area contributed by atoms with Crippen molar-refractivity contribution in [2.45, 2.75) is 0 Å². The summed E-state index contributed by atoms with van der Waals surface area (Å²) in [4.78, 5) is 14.3. The molecule has 25 heavy (non-hydrogen) atoms. The molecule has 0 aromatic heterocycles. The number of carbonyl (C=O) groups is 1. The van der Waals surface area contributed by atoms with Gasteiger partial charge in [0.05, 0.1) is 17.3 Å². The molecule has 0 aliphatic carbocycles. The molecule has 6 heteroatoms. The van der Waals surface area contributed by atoms with Crippen LogP contribution in [0.5, 0.6) is 11.5 Å². The van der Waals surface area contributed by atoms with Gasteiger partial charge in [-0.15, -0.1) is 6.58 Å². The van der Waals surface area contributed by atoms with E-state index in [1.54, 1.807) is 23.1 Å². The smallest absolute Gasteiger partial charge is 0.246 e. The molecule has 2 aromatic carbocycles. The van der Waals surface area contributed by atoms with Crippen molar-refractivity contribution >= 4 is 28.9 Å². The molecular weight excluding hydrogens is 340 g/mol. The molecule has 0 radical (unpaired) electrons. The van der Waals surface area contributed by atoms with E-state index in [2.05, 4.69) is 11.9 Å². The minimum absolute atomic E-state index is 0.0861. The summed E-state index contributed by atoms with van der Waals surface area (Å²) in [6.07, 6.45) is 1.70. The largest absolute Gasteiger partial charge is 0.486 e. The lowest BCUT2D eigenvalue weighted by Gasteiger charge is -2.23. The van der Waals surface area contributed by atoms with Gasteiger partial charge in [-0.25, -0.2) is 0 Å². The van der Waals surface area contributed by atoms with Crippen LogP contribution >= 0.6 is 11.6 Å². The Hall–Kier alpha value is -2.66. The van der Waals surface area contributed by atoms with E-state index in [0.29, 0.717) is 42.0 Å². The molecule has 1 aliphatic heterocycles.